The van der Waals surface area contributed by atoms with Crippen molar-refractivity contribution in [2.24, 2.45) is 0 Å². The van der Waals surface area contributed by atoms with Gasteiger partial charge >= 0.3 is 6.18 Å². The van der Waals surface area contributed by atoms with E-state index in [1.165, 1.54) is 16.8 Å². The standard InChI is InChI=1S/C23H15ClF3N3O2/c24-19-13-15(23(25,26)27)14-28-21(19)30-12-4-7-20(30)22(31)29-16-8-10-18(11-9-16)32-17-5-2-1-3-6-17/h1-14H,(H,29,31). The van der Waals surface area contributed by atoms with E-state index in [9.17, 15) is 18.0 Å². The van der Waals surface area contributed by atoms with Crippen LogP contribution in [0.4, 0.5) is 18.9 Å². The Morgan fingerprint density at radius 2 is 1.66 bits per heavy atom. The van der Waals surface area contributed by atoms with Crippen LogP contribution in [0.5, 0.6) is 11.5 Å². The second-order valence-electron chi connectivity index (χ2n) is 6.68. The summed E-state index contributed by atoms with van der Waals surface area (Å²) in [5, 5.41) is 2.51. The lowest BCUT2D eigenvalue weighted by molar-refractivity contribution is -0.137. The number of nitrogens with zero attached hydrogens (tertiary/aromatic N) is 2. The molecule has 32 heavy (non-hydrogen) atoms. The first kappa shape index (κ1) is 21.5. The van der Waals surface area contributed by atoms with Crippen molar-refractivity contribution in [2.45, 2.75) is 6.18 Å². The predicted molar refractivity (Wildman–Crippen MR) is 114 cm³/mol. The normalized spacial score (nSPS) is 11.2. The van der Waals surface area contributed by atoms with Crippen LogP contribution in [-0.4, -0.2) is 15.5 Å². The van der Waals surface area contributed by atoms with Crippen molar-refractivity contribution in [1.29, 1.82) is 0 Å². The van der Waals surface area contributed by atoms with Crippen molar-refractivity contribution < 1.29 is 22.7 Å². The van der Waals surface area contributed by atoms with Gasteiger partial charge in [-0.3, -0.25) is 9.36 Å². The minimum Gasteiger partial charge on any atom is -0.457 e. The van der Waals surface area contributed by atoms with Gasteiger partial charge in [-0.2, -0.15) is 13.2 Å². The molecule has 0 unspecified atom stereocenters. The summed E-state index contributed by atoms with van der Waals surface area (Å²) in [6.45, 7) is 0. The van der Waals surface area contributed by atoms with Gasteiger partial charge in [-0.05, 0) is 54.6 Å². The molecule has 4 rings (SSSR count). The molecule has 162 valence electrons. The van der Waals surface area contributed by atoms with E-state index in [0.29, 0.717) is 23.4 Å². The van der Waals surface area contributed by atoms with Crippen molar-refractivity contribution in [2.75, 3.05) is 5.32 Å². The third-order valence-electron chi connectivity index (χ3n) is 4.45. The fourth-order valence-electron chi connectivity index (χ4n) is 2.94. The summed E-state index contributed by atoms with van der Waals surface area (Å²) >= 11 is 6.02. The van der Waals surface area contributed by atoms with Crippen LogP contribution in [-0.2, 0) is 6.18 Å². The number of carbonyl (C=O) groups is 1. The Morgan fingerprint density at radius 3 is 2.31 bits per heavy atom. The quantitative estimate of drug-likeness (QED) is 0.368. The lowest BCUT2D eigenvalue weighted by Crippen LogP contribution is -2.17. The van der Waals surface area contributed by atoms with Gasteiger partial charge in [-0.15, -0.1) is 0 Å². The number of halogens is 4. The summed E-state index contributed by atoms with van der Waals surface area (Å²) in [5.74, 6) is 0.812. The molecule has 0 aliphatic heterocycles. The molecule has 0 aliphatic rings. The Morgan fingerprint density at radius 1 is 0.969 bits per heavy atom. The zero-order valence-corrected chi connectivity index (χ0v) is 17.1. The highest BCUT2D eigenvalue weighted by molar-refractivity contribution is 6.32. The third-order valence-corrected chi connectivity index (χ3v) is 4.73. The number of benzene rings is 2. The molecular weight excluding hydrogens is 443 g/mol. The first-order chi connectivity index (χ1) is 15.3. The second-order valence-corrected chi connectivity index (χ2v) is 7.09. The number of nitrogens with one attached hydrogen (secondary N) is 1. The van der Waals surface area contributed by atoms with Crippen LogP contribution in [0.2, 0.25) is 5.02 Å². The molecule has 0 atom stereocenters. The van der Waals surface area contributed by atoms with Crippen molar-refractivity contribution in [3.05, 3.63) is 101 Å². The summed E-state index contributed by atoms with van der Waals surface area (Å²) in [4.78, 5) is 16.6. The Hall–Kier alpha value is -3.78. The minimum absolute atomic E-state index is 0.0152. The molecule has 0 fully saturated rings. The van der Waals surface area contributed by atoms with E-state index in [1.807, 2.05) is 30.3 Å². The summed E-state index contributed by atoms with van der Waals surface area (Å²) in [7, 11) is 0. The van der Waals surface area contributed by atoms with Crippen LogP contribution in [0.1, 0.15) is 16.1 Å². The zero-order chi connectivity index (χ0) is 22.7. The molecule has 0 saturated heterocycles. The predicted octanol–water partition coefficient (Wildman–Crippen LogP) is 6.59. The number of aromatic nitrogens is 2. The van der Waals surface area contributed by atoms with E-state index in [-0.39, 0.29) is 16.5 Å². The Bertz CT molecular complexity index is 1240. The van der Waals surface area contributed by atoms with Crippen LogP contribution in [0.3, 0.4) is 0 Å². The first-order valence-corrected chi connectivity index (χ1v) is 9.74. The van der Waals surface area contributed by atoms with E-state index in [0.717, 1.165) is 6.07 Å². The third kappa shape index (κ3) is 4.76. The molecule has 9 heteroatoms. The molecule has 1 amide bonds. The molecule has 0 saturated carbocycles. The Labute approximate surface area is 186 Å². The molecule has 2 heterocycles. The van der Waals surface area contributed by atoms with Crippen LogP contribution in [0.25, 0.3) is 5.82 Å². The summed E-state index contributed by atoms with van der Waals surface area (Å²) in [6, 6.07) is 19.9. The number of amides is 1. The van der Waals surface area contributed by atoms with Crippen molar-refractivity contribution in [3.63, 3.8) is 0 Å². The summed E-state index contributed by atoms with van der Waals surface area (Å²) in [6.07, 6.45) is -2.40. The average Bonchev–Trinajstić information content (AvgIpc) is 3.25. The molecule has 1 N–H and O–H groups in total. The maximum atomic E-state index is 12.9. The van der Waals surface area contributed by atoms with E-state index in [4.69, 9.17) is 16.3 Å². The molecule has 0 spiro atoms. The molecule has 0 radical (unpaired) electrons. The minimum atomic E-state index is -4.57. The SMILES string of the molecule is O=C(Nc1ccc(Oc2ccccc2)cc1)c1cccn1-c1ncc(C(F)(F)F)cc1Cl. The van der Waals surface area contributed by atoms with Crippen LogP contribution in [0.15, 0.2) is 85.2 Å². The highest BCUT2D eigenvalue weighted by Gasteiger charge is 2.32. The van der Waals surface area contributed by atoms with Gasteiger partial charge in [0, 0.05) is 18.1 Å². The maximum absolute atomic E-state index is 12.9. The number of carbonyl (C=O) groups excluding carboxylic acids is 1. The van der Waals surface area contributed by atoms with Gasteiger partial charge in [0.05, 0.1) is 10.6 Å². The van der Waals surface area contributed by atoms with Crippen LogP contribution in [0, 0.1) is 0 Å². The van der Waals surface area contributed by atoms with Crippen LogP contribution >= 0.6 is 11.6 Å². The first-order valence-electron chi connectivity index (χ1n) is 9.36. The topological polar surface area (TPSA) is 56.1 Å². The molecule has 5 nitrogen and oxygen atoms in total. The molecule has 0 bridgehead atoms. The fraction of sp³-hybridized carbons (Fsp3) is 0.0435. The Balaban J connectivity index is 1.50. The smallest absolute Gasteiger partial charge is 0.417 e. The second kappa shape index (κ2) is 8.76. The van der Waals surface area contributed by atoms with E-state index in [2.05, 4.69) is 10.3 Å². The van der Waals surface area contributed by atoms with Gasteiger partial charge in [0.15, 0.2) is 5.82 Å². The monoisotopic (exact) mass is 457 g/mol. The molecule has 4 aromatic rings. The van der Waals surface area contributed by atoms with Gasteiger partial charge < -0.3 is 10.1 Å². The number of ether oxygens (including phenoxy) is 1. The lowest BCUT2D eigenvalue weighted by atomic mass is 10.2. The summed E-state index contributed by atoms with van der Waals surface area (Å²) in [5.41, 5.74) is -0.305. The number of anilines is 1. The number of pyridine rings is 1. The van der Waals surface area contributed by atoms with Crippen molar-refractivity contribution in [1.82, 2.24) is 9.55 Å². The summed E-state index contributed by atoms with van der Waals surface area (Å²) < 4.78 is 45.6. The maximum Gasteiger partial charge on any atom is 0.417 e. The van der Waals surface area contributed by atoms with E-state index in [1.54, 1.807) is 30.3 Å². The number of alkyl halides is 3. The average molecular weight is 458 g/mol. The molecule has 2 aromatic heterocycles. The van der Waals surface area contributed by atoms with Gasteiger partial charge in [0.25, 0.3) is 5.91 Å². The van der Waals surface area contributed by atoms with Gasteiger partial charge in [0.1, 0.15) is 17.2 Å². The van der Waals surface area contributed by atoms with Crippen molar-refractivity contribution >= 4 is 23.2 Å². The number of para-hydroxylation sites is 1. The van der Waals surface area contributed by atoms with Crippen molar-refractivity contribution in [3.8, 4) is 17.3 Å². The zero-order valence-electron chi connectivity index (χ0n) is 16.3. The van der Waals surface area contributed by atoms with Crippen LogP contribution < -0.4 is 10.1 Å². The number of hydrogen-bond acceptors (Lipinski definition) is 3. The fourth-order valence-corrected chi connectivity index (χ4v) is 3.20. The van der Waals surface area contributed by atoms with Gasteiger partial charge in [-0.25, -0.2) is 4.98 Å². The highest BCUT2D eigenvalue weighted by Crippen LogP contribution is 2.32. The molecule has 0 aliphatic carbocycles. The van der Waals surface area contributed by atoms with E-state index >= 15 is 0 Å². The van der Waals surface area contributed by atoms with E-state index < -0.39 is 17.6 Å². The molecular formula is C23H15ClF3N3O2. The largest absolute Gasteiger partial charge is 0.457 e. The molecule has 2 aromatic carbocycles. The van der Waals surface area contributed by atoms with Gasteiger partial charge in [-0.1, -0.05) is 29.8 Å². The van der Waals surface area contributed by atoms with Gasteiger partial charge in [0.2, 0.25) is 0 Å². The number of rotatable bonds is 5. The number of hydrogen-bond donors (Lipinski definition) is 1. The lowest BCUT2D eigenvalue weighted by Gasteiger charge is -2.13. The highest BCUT2D eigenvalue weighted by atomic mass is 35.5. The Kier molecular flexibility index (Phi) is 5.87.